The number of pyridine rings is 1. The standard InChI is InChI=1S/C7H5ClF2INO/c1-13-3-2-4(8)12-7(11)5(3)6(9)10/h2,6H,1H3. The van der Waals surface area contributed by atoms with E-state index in [1.807, 2.05) is 0 Å². The zero-order chi connectivity index (χ0) is 10.0. The number of methoxy groups -OCH3 is 1. The predicted molar refractivity (Wildman–Crippen MR) is 53.5 cm³/mol. The number of hydrogen-bond acceptors (Lipinski definition) is 2. The predicted octanol–water partition coefficient (Wildman–Crippen LogP) is 3.29. The van der Waals surface area contributed by atoms with Crippen LogP contribution >= 0.6 is 34.2 Å². The van der Waals surface area contributed by atoms with Crippen molar-refractivity contribution in [3.63, 3.8) is 0 Å². The molecule has 0 aliphatic heterocycles. The van der Waals surface area contributed by atoms with Gasteiger partial charge in [-0.05, 0) is 22.6 Å². The molecule has 0 aliphatic rings. The van der Waals surface area contributed by atoms with Gasteiger partial charge in [-0.15, -0.1) is 0 Å². The van der Waals surface area contributed by atoms with Gasteiger partial charge in [0.25, 0.3) is 6.43 Å². The average Bonchev–Trinajstić information content (AvgIpc) is 2.01. The summed E-state index contributed by atoms with van der Waals surface area (Å²) in [5, 5.41) is 0.144. The van der Waals surface area contributed by atoms with Crippen LogP contribution in [0.5, 0.6) is 5.75 Å². The highest BCUT2D eigenvalue weighted by Crippen LogP contribution is 2.33. The van der Waals surface area contributed by atoms with E-state index in [1.165, 1.54) is 13.2 Å². The van der Waals surface area contributed by atoms with Gasteiger partial charge >= 0.3 is 0 Å². The van der Waals surface area contributed by atoms with Crippen molar-refractivity contribution in [3.8, 4) is 5.75 Å². The quantitative estimate of drug-likeness (QED) is 0.616. The van der Waals surface area contributed by atoms with Crippen molar-refractivity contribution in [3.05, 3.63) is 20.5 Å². The molecule has 0 aromatic carbocycles. The van der Waals surface area contributed by atoms with Crippen LogP contribution in [0.3, 0.4) is 0 Å². The van der Waals surface area contributed by atoms with Crippen LogP contribution in [0.4, 0.5) is 8.78 Å². The molecule has 0 unspecified atom stereocenters. The van der Waals surface area contributed by atoms with Gasteiger partial charge in [-0.3, -0.25) is 0 Å². The Bertz CT molecular complexity index is 322. The van der Waals surface area contributed by atoms with Gasteiger partial charge in [-0.2, -0.15) is 0 Å². The normalized spacial score (nSPS) is 10.6. The third kappa shape index (κ3) is 2.40. The van der Waals surface area contributed by atoms with Gasteiger partial charge in [0, 0.05) is 6.07 Å². The monoisotopic (exact) mass is 319 g/mol. The summed E-state index contributed by atoms with van der Waals surface area (Å²) in [5.74, 6) is 0.0689. The molecule has 0 atom stereocenters. The summed E-state index contributed by atoms with van der Waals surface area (Å²) < 4.78 is 29.8. The van der Waals surface area contributed by atoms with E-state index in [0.29, 0.717) is 0 Å². The van der Waals surface area contributed by atoms with Crippen molar-refractivity contribution in [2.45, 2.75) is 6.43 Å². The number of hydrogen-bond donors (Lipinski definition) is 0. The van der Waals surface area contributed by atoms with Crippen molar-refractivity contribution in [2.24, 2.45) is 0 Å². The first-order valence-electron chi connectivity index (χ1n) is 3.24. The largest absolute Gasteiger partial charge is 0.496 e. The number of alkyl halides is 2. The summed E-state index contributed by atoms with van der Waals surface area (Å²) in [6.07, 6.45) is -2.60. The van der Waals surface area contributed by atoms with Crippen molar-refractivity contribution in [2.75, 3.05) is 7.11 Å². The summed E-state index contributed by atoms with van der Waals surface area (Å²) >= 11 is 7.26. The molecule has 0 fully saturated rings. The Morgan fingerprint density at radius 1 is 1.62 bits per heavy atom. The summed E-state index contributed by atoms with van der Waals surface area (Å²) in [5.41, 5.74) is -0.215. The zero-order valence-electron chi connectivity index (χ0n) is 6.52. The van der Waals surface area contributed by atoms with Crippen LogP contribution in [-0.2, 0) is 0 Å². The van der Waals surface area contributed by atoms with E-state index in [-0.39, 0.29) is 20.2 Å². The maximum absolute atomic E-state index is 12.4. The molecule has 72 valence electrons. The number of halogens is 4. The summed E-state index contributed by atoms with van der Waals surface area (Å²) in [7, 11) is 1.31. The molecule has 6 heteroatoms. The minimum atomic E-state index is -2.60. The second-order valence-electron chi connectivity index (χ2n) is 2.15. The first-order chi connectivity index (χ1) is 6.06. The van der Waals surface area contributed by atoms with Gasteiger partial charge < -0.3 is 4.74 Å². The molecule has 1 aromatic rings. The van der Waals surface area contributed by atoms with E-state index in [2.05, 4.69) is 4.98 Å². The Balaban J connectivity index is 3.30. The Kier molecular flexibility index (Phi) is 3.66. The van der Waals surface area contributed by atoms with E-state index >= 15 is 0 Å². The van der Waals surface area contributed by atoms with Crippen molar-refractivity contribution >= 4 is 34.2 Å². The molecule has 0 saturated heterocycles. The van der Waals surface area contributed by atoms with Crippen LogP contribution in [0.1, 0.15) is 12.0 Å². The van der Waals surface area contributed by atoms with Crippen LogP contribution in [0.25, 0.3) is 0 Å². The first kappa shape index (κ1) is 10.9. The molecule has 0 bridgehead atoms. The number of ether oxygens (including phenoxy) is 1. The Morgan fingerprint density at radius 3 is 2.69 bits per heavy atom. The lowest BCUT2D eigenvalue weighted by Gasteiger charge is -2.08. The van der Waals surface area contributed by atoms with Crippen molar-refractivity contribution < 1.29 is 13.5 Å². The smallest absolute Gasteiger partial charge is 0.269 e. The lowest BCUT2D eigenvalue weighted by molar-refractivity contribution is 0.145. The molecule has 0 radical (unpaired) electrons. The minimum Gasteiger partial charge on any atom is -0.496 e. The Labute approximate surface area is 92.4 Å². The molecule has 0 aliphatic carbocycles. The van der Waals surface area contributed by atoms with Gasteiger partial charge in [0.05, 0.1) is 12.7 Å². The van der Waals surface area contributed by atoms with Crippen LogP contribution in [0.15, 0.2) is 6.07 Å². The zero-order valence-corrected chi connectivity index (χ0v) is 9.44. The van der Waals surface area contributed by atoms with Crippen LogP contribution < -0.4 is 4.74 Å². The van der Waals surface area contributed by atoms with Crippen molar-refractivity contribution in [1.29, 1.82) is 0 Å². The molecule has 2 nitrogen and oxygen atoms in total. The third-order valence-electron chi connectivity index (χ3n) is 1.38. The van der Waals surface area contributed by atoms with Gasteiger partial charge in [0.15, 0.2) is 0 Å². The van der Waals surface area contributed by atoms with Crippen LogP contribution in [-0.4, -0.2) is 12.1 Å². The fourth-order valence-electron chi connectivity index (χ4n) is 0.840. The lowest BCUT2D eigenvalue weighted by atomic mass is 10.3. The SMILES string of the molecule is COc1cc(Cl)nc(I)c1C(F)F. The molecule has 1 rings (SSSR count). The summed E-state index contributed by atoms with van der Waals surface area (Å²) in [4.78, 5) is 3.70. The average molecular weight is 319 g/mol. The fraction of sp³-hybridized carbons (Fsp3) is 0.286. The number of rotatable bonds is 2. The molecule has 0 N–H and O–H groups in total. The van der Waals surface area contributed by atoms with Crippen LogP contribution in [0, 0.1) is 3.70 Å². The first-order valence-corrected chi connectivity index (χ1v) is 4.70. The van der Waals surface area contributed by atoms with E-state index < -0.39 is 6.43 Å². The van der Waals surface area contributed by atoms with Gasteiger partial charge in [-0.25, -0.2) is 13.8 Å². The van der Waals surface area contributed by atoms with E-state index in [1.54, 1.807) is 22.6 Å². The molecule has 13 heavy (non-hydrogen) atoms. The Hall–Kier alpha value is -0.170. The molecule has 1 aromatic heterocycles. The maximum atomic E-state index is 12.4. The van der Waals surface area contributed by atoms with Gasteiger partial charge in [0.2, 0.25) is 0 Å². The molecule has 0 amide bonds. The van der Waals surface area contributed by atoms with Gasteiger partial charge in [0.1, 0.15) is 14.6 Å². The molecule has 1 heterocycles. The third-order valence-corrected chi connectivity index (χ3v) is 2.40. The highest BCUT2D eigenvalue weighted by Gasteiger charge is 2.19. The van der Waals surface area contributed by atoms with E-state index in [9.17, 15) is 8.78 Å². The van der Waals surface area contributed by atoms with Crippen LogP contribution in [0.2, 0.25) is 5.15 Å². The topological polar surface area (TPSA) is 22.1 Å². The van der Waals surface area contributed by atoms with E-state index in [4.69, 9.17) is 16.3 Å². The molecule has 0 saturated carbocycles. The summed E-state index contributed by atoms with van der Waals surface area (Å²) in [6, 6.07) is 1.27. The second-order valence-corrected chi connectivity index (χ2v) is 3.56. The molecular weight excluding hydrogens is 314 g/mol. The molecule has 0 spiro atoms. The summed E-state index contributed by atoms with van der Waals surface area (Å²) in [6.45, 7) is 0. The Morgan fingerprint density at radius 2 is 2.23 bits per heavy atom. The van der Waals surface area contributed by atoms with E-state index in [0.717, 1.165) is 0 Å². The van der Waals surface area contributed by atoms with Gasteiger partial charge in [-0.1, -0.05) is 11.6 Å². The highest BCUT2D eigenvalue weighted by molar-refractivity contribution is 14.1. The number of aromatic nitrogens is 1. The fourth-order valence-corrected chi connectivity index (χ4v) is 1.93. The lowest BCUT2D eigenvalue weighted by Crippen LogP contribution is -1.98. The van der Waals surface area contributed by atoms with Crippen molar-refractivity contribution in [1.82, 2.24) is 4.98 Å². The second kappa shape index (κ2) is 4.36. The molecular formula is C7H5ClF2INO. The maximum Gasteiger partial charge on any atom is 0.269 e. The highest BCUT2D eigenvalue weighted by atomic mass is 127. The minimum absolute atomic E-state index is 0.0689. The number of nitrogens with zero attached hydrogens (tertiary/aromatic N) is 1.